The van der Waals surface area contributed by atoms with E-state index in [1.54, 1.807) is 24.3 Å². The number of hydrogen-bond acceptors (Lipinski definition) is 1. The van der Waals surface area contributed by atoms with Gasteiger partial charge in [-0.15, -0.1) is 0 Å². The molecule has 1 unspecified atom stereocenters. The second kappa shape index (κ2) is 5.32. The Balaban J connectivity index is 2.02. The van der Waals surface area contributed by atoms with Gasteiger partial charge >= 0.3 is 0 Å². The van der Waals surface area contributed by atoms with Crippen LogP contribution in [0.5, 0.6) is 0 Å². The van der Waals surface area contributed by atoms with Gasteiger partial charge < -0.3 is 5.32 Å². The van der Waals surface area contributed by atoms with Gasteiger partial charge in [0.1, 0.15) is 0 Å². The zero-order valence-corrected chi connectivity index (χ0v) is 10.3. The maximum atomic E-state index is 14.0. The van der Waals surface area contributed by atoms with E-state index >= 15 is 0 Å². The molecule has 1 saturated heterocycles. The first-order chi connectivity index (χ1) is 8.08. The zero-order valence-electron chi connectivity index (χ0n) is 9.56. The molecule has 0 bridgehead atoms. The van der Waals surface area contributed by atoms with Crippen LogP contribution < -0.4 is 5.32 Å². The van der Waals surface area contributed by atoms with Crippen molar-refractivity contribution in [3.8, 4) is 0 Å². The van der Waals surface area contributed by atoms with Crippen molar-refractivity contribution < 1.29 is 8.78 Å². The molecule has 0 aliphatic carbocycles. The number of nitrogens with one attached hydrogen (secondary N) is 1. The van der Waals surface area contributed by atoms with E-state index in [0.717, 1.165) is 13.0 Å². The molecule has 1 aliphatic heterocycles. The predicted molar refractivity (Wildman–Crippen MR) is 65.7 cm³/mol. The smallest absolute Gasteiger partial charge is 0.256 e. The molecule has 17 heavy (non-hydrogen) atoms. The van der Waals surface area contributed by atoms with Crippen LogP contribution in [0.2, 0.25) is 5.02 Å². The minimum Gasteiger partial charge on any atom is -0.316 e. The van der Waals surface area contributed by atoms with Crippen molar-refractivity contribution in [3.63, 3.8) is 0 Å². The van der Waals surface area contributed by atoms with E-state index < -0.39 is 11.8 Å². The lowest BCUT2D eigenvalue weighted by Crippen LogP contribution is -2.41. The van der Waals surface area contributed by atoms with Crippen molar-refractivity contribution >= 4 is 11.6 Å². The highest BCUT2D eigenvalue weighted by Crippen LogP contribution is 2.33. The first-order valence-electron chi connectivity index (χ1n) is 5.91. The molecule has 1 heterocycles. The molecule has 1 atom stereocenters. The normalized spacial score (nSPS) is 21.5. The molecule has 0 spiro atoms. The third-order valence-corrected chi connectivity index (χ3v) is 3.50. The van der Waals surface area contributed by atoms with Gasteiger partial charge in [0.15, 0.2) is 0 Å². The van der Waals surface area contributed by atoms with E-state index in [2.05, 4.69) is 5.32 Å². The molecule has 0 aromatic heterocycles. The fraction of sp³-hybridized carbons (Fsp3) is 0.538. The summed E-state index contributed by atoms with van der Waals surface area (Å²) < 4.78 is 28.0. The van der Waals surface area contributed by atoms with Gasteiger partial charge in [0.2, 0.25) is 0 Å². The third kappa shape index (κ3) is 3.39. The molecule has 4 heteroatoms. The van der Waals surface area contributed by atoms with Crippen molar-refractivity contribution in [2.45, 2.75) is 25.2 Å². The Hall–Kier alpha value is -0.670. The fourth-order valence-electron chi connectivity index (χ4n) is 2.23. The van der Waals surface area contributed by atoms with Crippen LogP contribution in [0.3, 0.4) is 0 Å². The van der Waals surface area contributed by atoms with Crippen LogP contribution in [-0.4, -0.2) is 19.0 Å². The van der Waals surface area contributed by atoms with Crippen molar-refractivity contribution in [2.24, 2.45) is 5.92 Å². The van der Waals surface area contributed by atoms with Crippen LogP contribution in [0, 0.1) is 5.92 Å². The number of hydrogen-bond donors (Lipinski definition) is 1. The third-order valence-electron chi connectivity index (χ3n) is 3.25. The average molecular weight is 260 g/mol. The molecule has 1 N–H and O–H groups in total. The Labute approximate surface area is 105 Å². The average Bonchev–Trinajstić information content (AvgIpc) is 2.33. The van der Waals surface area contributed by atoms with E-state index in [-0.39, 0.29) is 6.42 Å². The summed E-state index contributed by atoms with van der Waals surface area (Å²) in [7, 11) is 0. The summed E-state index contributed by atoms with van der Waals surface area (Å²) >= 11 is 5.73. The van der Waals surface area contributed by atoms with Gasteiger partial charge in [-0.1, -0.05) is 23.7 Å². The molecular formula is C13H16ClF2N. The fourth-order valence-corrected chi connectivity index (χ4v) is 2.36. The second-order valence-corrected chi connectivity index (χ2v) is 5.04. The minimum atomic E-state index is -2.64. The monoisotopic (exact) mass is 259 g/mol. The lowest BCUT2D eigenvalue weighted by atomic mass is 9.89. The number of alkyl halides is 2. The highest BCUT2D eigenvalue weighted by molar-refractivity contribution is 6.30. The highest BCUT2D eigenvalue weighted by Gasteiger charge is 2.39. The lowest BCUT2D eigenvalue weighted by molar-refractivity contribution is -0.0647. The summed E-state index contributed by atoms with van der Waals surface area (Å²) in [5.41, 5.74) is 0.643. The molecule has 0 amide bonds. The van der Waals surface area contributed by atoms with Crippen LogP contribution >= 0.6 is 11.6 Å². The molecular weight excluding hydrogens is 244 g/mol. The highest BCUT2D eigenvalue weighted by atomic mass is 35.5. The van der Waals surface area contributed by atoms with Crippen molar-refractivity contribution in [2.75, 3.05) is 13.1 Å². The van der Waals surface area contributed by atoms with E-state index in [1.807, 2.05) is 0 Å². The van der Waals surface area contributed by atoms with Crippen LogP contribution in [-0.2, 0) is 6.42 Å². The summed E-state index contributed by atoms with van der Waals surface area (Å²) in [6.07, 6.45) is 1.24. The van der Waals surface area contributed by atoms with E-state index in [1.165, 1.54) is 0 Å². The summed E-state index contributed by atoms with van der Waals surface area (Å²) in [5.74, 6) is -3.19. The van der Waals surface area contributed by atoms with E-state index in [9.17, 15) is 8.78 Å². The first-order valence-corrected chi connectivity index (χ1v) is 6.29. The lowest BCUT2D eigenvalue weighted by Gasteiger charge is -2.30. The number of rotatable bonds is 3. The molecule has 1 aliphatic rings. The molecule has 0 radical (unpaired) electrons. The molecule has 1 nitrogen and oxygen atoms in total. The molecule has 0 saturated carbocycles. The molecule has 1 aromatic rings. The van der Waals surface area contributed by atoms with Crippen LogP contribution in [0.4, 0.5) is 8.78 Å². The standard InChI is InChI=1S/C13H16ClF2N/c14-12-5-3-10(4-6-12)8-13(15,16)11-2-1-7-17-9-11/h3-6,11,17H,1-2,7-9H2. The van der Waals surface area contributed by atoms with Crippen molar-refractivity contribution in [1.29, 1.82) is 0 Å². The van der Waals surface area contributed by atoms with Gasteiger partial charge in [-0.05, 0) is 37.1 Å². The van der Waals surface area contributed by atoms with E-state index in [0.29, 0.717) is 23.6 Å². The molecule has 2 rings (SSSR count). The summed E-state index contributed by atoms with van der Waals surface area (Å²) in [6, 6.07) is 6.66. The first kappa shape index (κ1) is 12.8. The number of halogens is 3. The topological polar surface area (TPSA) is 12.0 Å². The quantitative estimate of drug-likeness (QED) is 0.876. The molecule has 1 aromatic carbocycles. The van der Waals surface area contributed by atoms with E-state index in [4.69, 9.17) is 11.6 Å². The largest absolute Gasteiger partial charge is 0.316 e. The second-order valence-electron chi connectivity index (χ2n) is 4.61. The van der Waals surface area contributed by atoms with Crippen LogP contribution in [0.15, 0.2) is 24.3 Å². The maximum Gasteiger partial charge on any atom is 0.256 e. The summed E-state index contributed by atoms with van der Waals surface area (Å²) in [5, 5.41) is 3.61. The predicted octanol–water partition coefficient (Wildman–Crippen LogP) is 3.52. The molecule has 1 fully saturated rings. The van der Waals surface area contributed by atoms with Crippen LogP contribution in [0.25, 0.3) is 0 Å². The molecule has 94 valence electrons. The van der Waals surface area contributed by atoms with Crippen LogP contribution in [0.1, 0.15) is 18.4 Å². The van der Waals surface area contributed by atoms with Gasteiger partial charge in [0.25, 0.3) is 5.92 Å². The number of piperidine rings is 1. The Morgan fingerprint density at radius 3 is 2.59 bits per heavy atom. The van der Waals surface area contributed by atoms with Gasteiger partial charge in [-0.3, -0.25) is 0 Å². The van der Waals surface area contributed by atoms with Gasteiger partial charge in [0, 0.05) is 23.9 Å². The maximum absolute atomic E-state index is 14.0. The van der Waals surface area contributed by atoms with Gasteiger partial charge in [0.05, 0.1) is 0 Å². The van der Waals surface area contributed by atoms with Crippen molar-refractivity contribution in [3.05, 3.63) is 34.9 Å². The minimum absolute atomic E-state index is 0.198. The summed E-state index contributed by atoms with van der Waals surface area (Å²) in [6.45, 7) is 1.27. The van der Waals surface area contributed by atoms with Crippen molar-refractivity contribution in [1.82, 2.24) is 5.32 Å². The summed E-state index contributed by atoms with van der Waals surface area (Å²) in [4.78, 5) is 0. The van der Waals surface area contributed by atoms with Gasteiger partial charge in [-0.2, -0.15) is 0 Å². The number of benzene rings is 1. The zero-order chi connectivity index (χ0) is 12.3. The Bertz CT molecular complexity index is 358. The van der Waals surface area contributed by atoms with Gasteiger partial charge in [-0.25, -0.2) is 8.78 Å². The Morgan fingerprint density at radius 2 is 2.00 bits per heavy atom. The Morgan fingerprint density at radius 1 is 1.29 bits per heavy atom. The SMILES string of the molecule is FC(F)(Cc1ccc(Cl)cc1)C1CCCNC1. The Kier molecular flexibility index (Phi) is 4.00.